The van der Waals surface area contributed by atoms with Crippen molar-refractivity contribution < 1.29 is 9.18 Å². The maximum absolute atomic E-state index is 12.4. The lowest BCUT2D eigenvalue weighted by Crippen LogP contribution is -2.47. The van der Waals surface area contributed by atoms with E-state index in [1.54, 1.807) is 19.9 Å². The zero-order chi connectivity index (χ0) is 10.6. The molecule has 0 fully saturated rings. The Morgan fingerprint density at radius 1 is 1.64 bits per heavy atom. The first kappa shape index (κ1) is 11.0. The number of anilines is 1. The fourth-order valence-corrected chi connectivity index (χ4v) is 1.43. The van der Waals surface area contributed by atoms with E-state index in [0.29, 0.717) is 0 Å². The normalized spacial score (nSPS) is 11.1. The number of hydrogen-bond donors (Lipinski definition) is 2. The zero-order valence-electron chi connectivity index (χ0n) is 8.13. The van der Waals surface area contributed by atoms with Crippen LogP contribution in [0.2, 0.25) is 0 Å². The summed E-state index contributed by atoms with van der Waals surface area (Å²) >= 11 is 1.49. The molecule has 14 heavy (non-hydrogen) atoms. The second-order valence-electron chi connectivity index (χ2n) is 3.61. The second kappa shape index (κ2) is 4.41. The van der Waals surface area contributed by atoms with Gasteiger partial charge in [0.1, 0.15) is 6.67 Å². The highest BCUT2D eigenvalue weighted by Gasteiger charge is 2.19. The van der Waals surface area contributed by atoms with Gasteiger partial charge in [-0.2, -0.15) is 11.3 Å². The van der Waals surface area contributed by atoms with E-state index < -0.39 is 12.2 Å². The number of halogens is 1. The summed E-state index contributed by atoms with van der Waals surface area (Å²) in [6.45, 7) is 2.66. The van der Waals surface area contributed by atoms with Crippen LogP contribution in [-0.4, -0.2) is 18.2 Å². The number of amides is 2. The van der Waals surface area contributed by atoms with Gasteiger partial charge in [0, 0.05) is 5.38 Å². The Kier molecular flexibility index (Phi) is 3.46. The van der Waals surface area contributed by atoms with E-state index in [-0.39, 0.29) is 6.03 Å². The van der Waals surface area contributed by atoms with Crippen molar-refractivity contribution in [3.05, 3.63) is 16.8 Å². The first-order valence-electron chi connectivity index (χ1n) is 4.21. The molecule has 0 bridgehead atoms. The van der Waals surface area contributed by atoms with E-state index in [4.69, 9.17) is 0 Å². The maximum atomic E-state index is 12.4. The molecule has 0 atom stereocenters. The monoisotopic (exact) mass is 216 g/mol. The van der Waals surface area contributed by atoms with Crippen LogP contribution in [0.1, 0.15) is 13.8 Å². The molecule has 3 nitrogen and oxygen atoms in total. The molecule has 5 heteroatoms. The molecule has 0 radical (unpaired) electrons. The maximum Gasteiger partial charge on any atom is 0.319 e. The molecule has 2 N–H and O–H groups in total. The molecule has 0 unspecified atom stereocenters. The van der Waals surface area contributed by atoms with Crippen molar-refractivity contribution in [2.45, 2.75) is 19.4 Å². The summed E-state index contributed by atoms with van der Waals surface area (Å²) in [5.74, 6) is 0. The SMILES string of the molecule is CC(C)(CF)NC(=O)Nc1ccsc1. The summed E-state index contributed by atoms with van der Waals surface area (Å²) in [6.07, 6.45) is 0. The molecule has 0 saturated carbocycles. The van der Waals surface area contributed by atoms with E-state index in [1.807, 2.05) is 10.8 Å². The third kappa shape index (κ3) is 3.33. The number of urea groups is 1. The summed E-state index contributed by atoms with van der Waals surface area (Å²) in [4.78, 5) is 11.3. The Morgan fingerprint density at radius 2 is 2.36 bits per heavy atom. The Balaban J connectivity index is 2.44. The average Bonchev–Trinajstić information content (AvgIpc) is 2.55. The van der Waals surface area contributed by atoms with Crippen LogP contribution >= 0.6 is 11.3 Å². The highest BCUT2D eigenvalue weighted by Crippen LogP contribution is 2.12. The summed E-state index contributed by atoms with van der Waals surface area (Å²) in [6, 6.07) is 1.40. The van der Waals surface area contributed by atoms with Crippen LogP contribution in [-0.2, 0) is 0 Å². The largest absolute Gasteiger partial charge is 0.330 e. The van der Waals surface area contributed by atoms with E-state index in [9.17, 15) is 9.18 Å². The molecule has 1 heterocycles. The van der Waals surface area contributed by atoms with Crippen LogP contribution in [0, 0.1) is 0 Å². The second-order valence-corrected chi connectivity index (χ2v) is 4.39. The number of rotatable bonds is 3. The van der Waals surface area contributed by atoms with Gasteiger partial charge in [0.25, 0.3) is 0 Å². The lowest BCUT2D eigenvalue weighted by molar-refractivity contribution is 0.232. The number of thiophene rings is 1. The molecule has 0 aromatic carbocycles. The molecule has 1 aromatic rings. The van der Waals surface area contributed by atoms with Gasteiger partial charge in [-0.15, -0.1) is 0 Å². The van der Waals surface area contributed by atoms with E-state index in [1.165, 1.54) is 11.3 Å². The van der Waals surface area contributed by atoms with Crippen LogP contribution in [0.15, 0.2) is 16.8 Å². The standard InChI is InChI=1S/C9H13FN2OS/c1-9(2,6-10)12-8(13)11-7-3-4-14-5-7/h3-5H,6H2,1-2H3,(H2,11,12,13). The Bertz CT molecular complexity index is 298. The lowest BCUT2D eigenvalue weighted by Gasteiger charge is -2.22. The van der Waals surface area contributed by atoms with Crippen molar-refractivity contribution in [1.82, 2.24) is 5.32 Å². The summed E-state index contributed by atoms with van der Waals surface area (Å²) in [5.41, 5.74) is -0.0951. The molecule has 0 spiro atoms. The molecule has 0 aliphatic rings. The number of carbonyl (C=O) groups is 1. The Morgan fingerprint density at radius 3 is 2.86 bits per heavy atom. The van der Waals surface area contributed by atoms with Crippen LogP contribution in [0.4, 0.5) is 14.9 Å². The van der Waals surface area contributed by atoms with Gasteiger partial charge in [-0.1, -0.05) is 0 Å². The van der Waals surface area contributed by atoms with Gasteiger partial charge in [-0.05, 0) is 25.3 Å². The first-order chi connectivity index (χ1) is 6.53. The third-order valence-electron chi connectivity index (χ3n) is 1.57. The van der Waals surface area contributed by atoms with E-state index in [2.05, 4.69) is 10.6 Å². The summed E-state index contributed by atoms with van der Waals surface area (Å²) < 4.78 is 12.4. The van der Waals surface area contributed by atoms with Gasteiger partial charge in [0.05, 0.1) is 11.2 Å². The van der Waals surface area contributed by atoms with Crippen LogP contribution in [0.25, 0.3) is 0 Å². The zero-order valence-corrected chi connectivity index (χ0v) is 8.95. The number of alkyl halides is 1. The summed E-state index contributed by atoms with van der Waals surface area (Å²) in [5, 5.41) is 8.79. The quantitative estimate of drug-likeness (QED) is 0.801. The highest BCUT2D eigenvalue weighted by atomic mass is 32.1. The molecule has 1 rings (SSSR count). The van der Waals surface area contributed by atoms with Crippen molar-refractivity contribution in [1.29, 1.82) is 0 Å². The van der Waals surface area contributed by atoms with Crippen molar-refractivity contribution in [3.63, 3.8) is 0 Å². The van der Waals surface area contributed by atoms with Gasteiger partial charge in [-0.3, -0.25) is 0 Å². The van der Waals surface area contributed by atoms with Gasteiger partial charge in [-0.25, -0.2) is 9.18 Å². The van der Waals surface area contributed by atoms with E-state index >= 15 is 0 Å². The van der Waals surface area contributed by atoms with Crippen molar-refractivity contribution in [2.75, 3.05) is 12.0 Å². The minimum absolute atomic E-state index is 0.383. The first-order valence-corrected chi connectivity index (χ1v) is 5.15. The topological polar surface area (TPSA) is 41.1 Å². The fourth-order valence-electron chi connectivity index (χ4n) is 0.839. The molecule has 1 aromatic heterocycles. The van der Waals surface area contributed by atoms with Crippen LogP contribution < -0.4 is 10.6 Å². The molecule has 2 amide bonds. The van der Waals surface area contributed by atoms with Gasteiger partial charge in [0.2, 0.25) is 0 Å². The van der Waals surface area contributed by atoms with Gasteiger partial charge >= 0.3 is 6.03 Å². The fraction of sp³-hybridized carbons (Fsp3) is 0.444. The molecular weight excluding hydrogens is 203 g/mol. The van der Waals surface area contributed by atoms with Gasteiger partial charge < -0.3 is 10.6 Å². The van der Waals surface area contributed by atoms with Crippen molar-refractivity contribution in [2.24, 2.45) is 0 Å². The number of nitrogens with one attached hydrogen (secondary N) is 2. The lowest BCUT2D eigenvalue weighted by atomic mass is 10.1. The van der Waals surface area contributed by atoms with Crippen molar-refractivity contribution in [3.8, 4) is 0 Å². The van der Waals surface area contributed by atoms with Crippen LogP contribution in [0.5, 0.6) is 0 Å². The molecule has 0 aliphatic carbocycles. The van der Waals surface area contributed by atoms with Crippen LogP contribution in [0.3, 0.4) is 0 Å². The van der Waals surface area contributed by atoms with E-state index in [0.717, 1.165) is 5.69 Å². The smallest absolute Gasteiger partial charge is 0.319 e. The van der Waals surface area contributed by atoms with Gasteiger partial charge in [0.15, 0.2) is 0 Å². The Labute approximate surface area is 86.3 Å². The number of carbonyl (C=O) groups excluding carboxylic acids is 1. The van der Waals surface area contributed by atoms with Crippen molar-refractivity contribution >= 4 is 23.1 Å². The predicted molar refractivity (Wildman–Crippen MR) is 56.5 cm³/mol. The minimum Gasteiger partial charge on any atom is -0.330 e. The predicted octanol–water partition coefficient (Wildman–Crippen LogP) is 2.62. The summed E-state index contributed by atoms with van der Waals surface area (Å²) in [7, 11) is 0. The molecular formula is C9H13FN2OS. The minimum atomic E-state index is -0.819. The number of hydrogen-bond acceptors (Lipinski definition) is 2. The highest BCUT2D eigenvalue weighted by molar-refractivity contribution is 7.08. The third-order valence-corrected chi connectivity index (χ3v) is 2.25. The molecule has 0 saturated heterocycles. The molecule has 78 valence electrons. The Hall–Kier alpha value is -1.10. The molecule has 0 aliphatic heterocycles. The average molecular weight is 216 g/mol.